The number of benzene rings is 1. The topological polar surface area (TPSA) is 93.7 Å². The van der Waals surface area contributed by atoms with Crippen molar-refractivity contribution in [2.24, 2.45) is 5.92 Å². The minimum atomic E-state index is -3.54. The van der Waals surface area contributed by atoms with Crippen molar-refractivity contribution >= 4 is 28.2 Å². The standard InChI is InChI=1S/C17H24N2O5S.ClH/c20-17(19-7-4-13-3-6-18-12-13)5-10-25(21,22)14-1-2-15-16(11-14)24-9-8-23-15;/h1-2,11,13,18H,3-10,12H2,(H,19,20);1H. The van der Waals surface area contributed by atoms with Crippen LogP contribution in [0.5, 0.6) is 11.5 Å². The molecule has 146 valence electrons. The van der Waals surface area contributed by atoms with E-state index in [1.165, 1.54) is 12.1 Å². The molecule has 9 heteroatoms. The van der Waals surface area contributed by atoms with Crippen molar-refractivity contribution in [1.82, 2.24) is 10.6 Å². The van der Waals surface area contributed by atoms with Crippen molar-refractivity contribution in [3.05, 3.63) is 18.2 Å². The molecule has 0 bridgehead atoms. The Balaban J connectivity index is 0.00000243. The molecule has 1 aromatic carbocycles. The van der Waals surface area contributed by atoms with Gasteiger partial charge in [0.2, 0.25) is 5.91 Å². The first-order valence-electron chi connectivity index (χ1n) is 8.64. The van der Waals surface area contributed by atoms with E-state index in [1.54, 1.807) is 6.07 Å². The molecule has 7 nitrogen and oxygen atoms in total. The van der Waals surface area contributed by atoms with Crippen molar-refractivity contribution < 1.29 is 22.7 Å². The van der Waals surface area contributed by atoms with Crippen molar-refractivity contribution in [3.8, 4) is 11.5 Å². The summed E-state index contributed by atoms with van der Waals surface area (Å²) in [6, 6.07) is 4.56. The summed E-state index contributed by atoms with van der Waals surface area (Å²) < 4.78 is 35.6. The SMILES string of the molecule is Cl.O=C(CCS(=O)(=O)c1ccc2c(c1)OCCO2)NCCC1CCNC1. The van der Waals surface area contributed by atoms with E-state index in [-0.39, 0.29) is 35.4 Å². The van der Waals surface area contributed by atoms with Crippen molar-refractivity contribution in [2.45, 2.75) is 24.2 Å². The number of halogens is 1. The van der Waals surface area contributed by atoms with Gasteiger partial charge in [0.25, 0.3) is 0 Å². The molecule has 1 aromatic rings. The van der Waals surface area contributed by atoms with Crippen LogP contribution in [0.1, 0.15) is 19.3 Å². The van der Waals surface area contributed by atoms with Gasteiger partial charge in [-0.15, -0.1) is 12.4 Å². The normalized spacial score (nSPS) is 18.8. The quantitative estimate of drug-likeness (QED) is 0.708. The van der Waals surface area contributed by atoms with Crippen molar-refractivity contribution in [3.63, 3.8) is 0 Å². The van der Waals surface area contributed by atoms with Crippen LogP contribution in [-0.4, -0.2) is 52.9 Å². The lowest BCUT2D eigenvalue weighted by atomic mass is 10.1. The first-order chi connectivity index (χ1) is 12.0. The highest BCUT2D eigenvalue weighted by molar-refractivity contribution is 7.91. The lowest BCUT2D eigenvalue weighted by Crippen LogP contribution is -2.28. The fraction of sp³-hybridized carbons (Fsp3) is 0.588. The number of ether oxygens (including phenoxy) is 2. The van der Waals surface area contributed by atoms with E-state index in [9.17, 15) is 13.2 Å². The molecule has 0 aliphatic carbocycles. The maximum Gasteiger partial charge on any atom is 0.221 e. The average molecular weight is 405 g/mol. The van der Waals surface area contributed by atoms with E-state index >= 15 is 0 Å². The van der Waals surface area contributed by atoms with Gasteiger partial charge in [0.05, 0.1) is 10.6 Å². The maximum atomic E-state index is 12.4. The Hall–Kier alpha value is -1.51. The summed E-state index contributed by atoms with van der Waals surface area (Å²) >= 11 is 0. The monoisotopic (exact) mass is 404 g/mol. The van der Waals surface area contributed by atoms with Gasteiger partial charge in [0, 0.05) is 19.0 Å². The van der Waals surface area contributed by atoms with Gasteiger partial charge < -0.3 is 20.1 Å². The molecule has 1 fully saturated rings. The number of hydrogen-bond donors (Lipinski definition) is 2. The van der Waals surface area contributed by atoms with Crippen LogP contribution in [0.3, 0.4) is 0 Å². The minimum Gasteiger partial charge on any atom is -0.486 e. The van der Waals surface area contributed by atoms with E-state index in [4.69, 9.17) is 9.47 Å². The van der Waals surface area contributed by atoms with Gasteiger partial charge in [-0.1, -0.05) is 0 Å². The summed E-state index contributed by atoms with van der Waals surface area (Å²) in [5, 5.41) is 6.09. The lowest BCUT2D eigenvalue weighted by Gasteiger charge is -2.18. The van der Waals surface area contributed by atoms with Crippen molar-refractivity contribution in [1.29, 1.82) is 0 Å². The molecule has 2 aliphatic rings. The minimum absolute atomic E-state index is 0. The molecular weight excluding hydrogens is 380 g/mol. The molecule has 0 radical (unpaired) electrons. The zero-order valence-electron chi connectivity index (χ0n) is 14.5. The van der Waals surface area contributed by atoms with Crippen LogP contribution in [0.4, 0.5) is 0 Å². The molecule has 0 aromatic heterocycles. The maximum absolute atomic E-state index is 12.4. The van der Waals surface area contributed by atoms with Crippen LogP contribution in [0.15, 0.2) is 23.1 Å². The smallest absolute Gasteiger partial charge is 0.221 e. The van der Waals surface area contributed by atoms with Crippen LogP contribution in [0.25, 0.3) is 0 Å². The first kappa shape index (κ1) is 20.8. The number of sulfone groups is 1. The second-order valence-electron chi connectivity index (χ2n) is 6.37. The fourth-order valence-electron chi connectivity index (χ4n) is 3.03. The number of carbonyl (C=O) groups excluding carboxylic acids is 1. The summed E-state index contributed by atoms with van der Waals surface area (Å²) in [6.45, 7) is 3.47. The van der Waals surface area contributed by atoms with Gasteiger partial charge in [0.15, 0.2) is 21.3 Å². The Labute approximate surface area is 160 Å². The van der Waals surface area contributed by atoms with E-state index in [2.05, 4.69) is 10.6 Å². The Bertz CT molecular complexity index is 720. The van der Waals surface area contributed by atoms with Gasteiger partial charge in [-0.2, -0.15) is 0 Å². The summed E-state index contributed by atoms with van der Waals surface area (Å²) in [6.07, 6.45) is 2.02. The summed E-state index contributed by atoms with van der Waals surface area (Å²) in [5.74, 6) is 1.13. The molecule has 1 atom stereocenters. The largest absolute Gasteiger partial charge is 0.486 e. The van der Waals surface area contributed by atoms with Crippen LogP contribution in [-0.2, 0) is 14.6 Å². The third kappa shape index (κ3) is 5.49. The van der Waals surface area contributed by atoms with E-state index in [0.717, 1.165) is 25.9 Å². The number of fused-ring (bicyclic) bond motifs is 1. The van der Waals surface area contributed by atoms with Gasteiger partial charge >= 0.3 is 0 Å². The predicted octanol–water partition coefficient (Wildman–Crippen LogP) is 1.16. The van der Waals surface area contributed by atoms with Gasteiger partial charge in [0.1, 0.15) is 13.2 Å². The number of rotatable bonds is 7. The predicted molar refractivity (Wildman–Crippen MR) is 100.0 cm³/mol. The highest BCUT2D eigenvalue weighted by Crippen LogP contribution is 2.32. The van der Waals surface area contributed by atoms with E-state index in [0.29, 0.717) is 37.2 Å². The van der Waals surface area contributed by atoms with E-state index < -0.39 is 9.84 Å². The Morgan fingerprint density at radius 1 is 1.23 bits per heavy atom. The van der Waals surface area contributed by atoms with Crippen LogP contribution < -0.4 is 20.1 Å². The average Bonchev–Trinajstić information content (AvgIpc) is 3.13. The Kier molecular flexibility index (Phi) is 7.55. The highest BCUT2D eigenvalue weighted by atomic mass is 35.5. The zero-order chi connectivity index (χ0) is 17.7. The van der Waals surface area contributed by atoms with Crippen LogP contribution >= 0.6 is 12.4 Å². The molecule has 26 heavy (non-hydrogen) atoms. The molecule has 2 N–H and O–H groups in total. The fourth-order valence-corrected chi connectivity index (χ4v) is 4.28. The number of nitrogens with one attached hydrogen (secondary N) is 2. The molecule has 0 saturated carbocycles. The number of amides is 1. The number of carbonyl (C=O) groups is 1. The Morgan fingerprint density at radius 2 is 2.00 bits per heavy atom. The molecular formula is C17H25ClN2O5S. The molecule has 2 heterocycles. The van der Waals surface area contributed by atoms with E-state index in [1.807, 2.05) is 0 Å². The van der Waals surface area contributed by atoms with Gasteiger partial charge in [-0.05, 0) is 44.0 Å². The van der Waals surface area contributed by atoms with Crippen LogP contribution in [0, 0.1) is 5.92 Å². The van der Waals surface area contributed by atoms with Crippen LogP contribution in [0.2, 0.25) is 0 Å². The second-order valence-corrected chi connectivity index (χ2v) is 8.48. The molecule has 1 amide bonds. The molecule has 0 spiro atoms. The Morgan fingerprint density at radius 3 is 2.73 bits per heavy atom. The summed E-state index contributed by atoms with van der Waals surface area (Å²) in [4.78, 5) is 12.0. The lowest BCUT2D eigenvalue weighted by molar-refractivity contribution is -0.120. The molecule has 2 aliphatic heterocycles. The van der Waals surface area contributed by atoms with Gasteiger partial charge in [-0.3, -0.25) is 4.79 Å². The number of hydrogen-bond acceptors (Lipinski definition) is 6. The second kappa shape index (κ2) is 9.43. The molecule has 1 unspecified atom stereocenters. The third-order valence-electron chi connectivity index (χ3n) is 4.51. The third-order valence-corrected chi connectivity index (χ3v) is 6.22. The van der Waals surface area contributed by atoms with Gasteiger partial charge in [-0.25, -0.2) is 8.42 Å². The zero-order valence-corrected chi connectivity index (χ0v) is 16.2. The molecule has 3 rings (SSSR count). The molecule has 1 saturated heterocycles. The summed E-state index contributed by atoms with van der Waals surface area (Å²) in [7, 11) is -3.54. The van der Waals surface area contributed by atoms with Crippen molar-refractivity contribution in [2.75, 3.05) is 38.6 Å². The highest BCUT2D eigenvalue weighted by Gasteiger charge is 2.21. The summed E-state index contributed by atoms with van der Waals surface area (Å²) in [5.41, 5.74) is 0. The first-order valence-corrected chi connectivity index (χ1v) is 10.3.